The second-order valence-corrected chi connectivity index (χ2v) is 12.5. The molecule has 0 heterocycles. The normalized spacial score (nSPS) is 12.2. The van der Waals surface area contributed by atoms with Crippen LogP contribution < -0.4 is 0 Å². The van der Waals surface area contributed by atoms with E-state index in [2.05, 4.69) is 35.0 Å². The standard InChI is InChI=1S/C27H56NO3P/c1-6-8-10-12-14-16-18-20-22-26(29)32(31-25-24-28(3,4)5)27(30)23-21-19-17-15-13-11-9-7-2/h32H,6-25H2,1-5H3. The van der Waals surface area contributed by atoms with Crippen LogP contribution in [-0.2, 0) is 14.1 Å². The molecule has 4 nitrogen and oxygen atoms in total. The fraction of sp³-hybridized carbons (Fsp3) is 0.926. The molecule has 32 heavy (non-hydrogen) atoms. The number of quaternary nitrogens is 1. The molecule has 0 radical (unpaired) electrons. The number of nitrogens with zero attached hydrogens (tertiary/aromatic N) is 1. The quantitative estimate of drug-likeness (QED) is 0.0811. The van der Waals surface area contributed by atoms with Gasteiger partial charge in [0.2, 0.25) is 0 Å². The summed E-state index contributed by atoms with van der Waals surface area (Å²) in [5.74, 6) is 0. The Labute approximate surface area is 201 Å². The summed E-state index contributed by atoms with van der Waals surface area (Å²) < 4.78 is 6.76. The molecule has 5 heteroatoms. The summed E-state index contributed by atoms with van der Waals surface area (Å²) in [6.45, 7) is 5.81. The van der Waals surface area contributed by atoms with E-state index in [-0.39, 0.29) is 11.0 Å². The van der Waals surface area contributed by atoms with Gasteiger partial charge >= 0.3 is 202 Å². The molecule has 0 fully saturated rings. The van der Waals surface area contributed by atoms with Gasteiger partial charge in [-0.2, -0.15) is 0 Å². The van der Waals surface area contributed by atoms with E-state index in [1.165, 1.54) is 77.0 Å². The molecule has 0 spiro atoms. The number of hydrogen-bond acceptors (Lipinski definition) is 3. The first kappa shape index (κ1) is 31.7. The molecule has 0 saturated carbocycles. The Morgan fingerprint density at radius 3 is 1.28 bits per heavy atom. The van der Waals surface area contributed by atoms with Crippen molar-refractivity contribution in [2.24, 2.45) is 0 Å². The number of likely N-dealkylation sites (N-methyl/N-ethyl adjacent to an activating group) is 1. The van der Waals surface area contributed by atoms with Crippen LogP contribution >= 0.6 is 8.15 Å². The topological polar surface area (TPSA) is 43.4 Å². The molecule has 0 aromatic rings. The second kappa shape index (κ2) is 21.2. The molecule has 0 bridgehead atoms. The van der Waals surface area contributed by atoms with Crippen molar-refractivity contribution in [3.8, 4) is 0 Å². The van der Waals surface area contributed by atoms with E-state index in [9.17, 15) is 9.59 Å². The average Bonchev–Trinajstić information content (AvgIpc) is 2.74. The Balaban J connectivity index is 4.28. The molecule has 0 rings (SSSR count). The third-order valence-electron chi connectivity index (χ3n) is 6.03. The summed E-state index contributed by atoms with van der Waals surface area (Å²) in [4.78, 5) is 25.7. The van der Waals surface area contributed by atoms with E-state index in [1.807, 2.05) is 0 Å². The maximum absolute atomic E-state index is 12.8. The van der Waals surface area contributed by atoms with Crippen molar-refractivity contribution >= 4 is 19.2 Å². The summed E-state index contributed by atoms with van der Waals surface area (Å²) in [7, 11) is 4.32. The van der Waals surface area contributed by atoms with Gasteiger partial charge in [0.05, 0.1) is 0 Å². The Hall–Kier alpha value is -0.310. The first-order chi connectivity index (χ1) is 15.3. The summed E-state index contributed by atoms with van der Waals surface area (Å²) in [6, 6.07) is 0. The summed E-state index contributed by atoms with van der Waals surface area (Å²) in [6.07, 6.45) is 20.5. The van der Waals surface area contributed by atoms with Crippen LogP contribution in [0.2, 0.25) is 0 Å². The van der Waals surface area contributed by atoms with Crippen LogP contribution in [0.1, 0.15) is 129 Å². The Morgan fingerprint density at radius 1 is 0.594 bits per heavy atom. The van der Waals surface area contributed by atoms with Crippen molar-refractivity contribution < 1.29 is 18.6 Å². The molecule has 0 aliphatic heterocycles. The molecule has 0 unspecified atom stereocenters. The van der Waals surface area contributed by atoms with Gasteiger partial charge in [-0.15, -0.1) is 0 Å². The zero-order chi connectivity index (χ0) is 24.1. The van der Waals surface area contributed by atoms with Gasteiger partial charge in [0.1, 0.15) is 0 Å². The number of rotatable bonds is 24. The van der Waals surface area contributed by atoms with Gasteiger partial charge in [-0.05, 0) is 0 Å². The molecule has 0 aromatic heterocycles. The van der Waals surface area contributed by atoms with Crippen LogP contribution in [0.3, 0.4) is 0 Å². The molecule has 0 N–H and O–H groups in total. The third-order valence-corrected chi connectivity index (χ3v) is 8.04. The number of unbranched alkanes of at least 4 members (excludes halogenated alkanes) is 14. The van der Waals surface area contributed by atoms with Gasteiger partial charge in [0, 0.05) is 0 Å². The molecule has 0 aliphatic rings. The van der Waals surface area contributed by atoms with Crippen molar-refractivity contribution in [2.45, 2.75) is 129 Å². The van der Waals surface area contributed by atoms with Gasteiger partial charge in [0.15, 0.2) is 0 Å². The fourth-order valence-corrected chi connectivity index (χ4v) is 5.54. The van der Waals surface area contributed by atoms with Crippen molar-refractivity contribution in [2.75, 3.05) is 34.3 Å². The van der Waals surface area contributed by atoms with E-state index in [0.29, 0.717) is 19.4 Å². The van der Waals surface area contributed by atoms with Gasteiger partial charge in [-0.1, -0.05) is 0 Å². The van der Waals surface area contributed by atoms with Crippen LogP contribution in [0.5, 0.6) is 0 Å². The molecule has 0 amide bonds. The second-order valence-electron chi connectivity index (χ2n) is 10.5. The van der Waals surface area contributed by atoms with Crippen molar-refractivity contribution in [3.63, 3.8) is 0 Å². The predicted octanol–water partition coefficient (Wildman–Crippen LogP) is 7.95. The van der Waals surface area contributed by atoms with Crippen LogP contribution in [0.25, 0.3) is 0 Å². The summed E-state index contributed by atoms with van der Waals surface area (Å²) >= 11 is 0. The number of carbonyl (C=O) groups is 2. The SMILES string of the molecule is CCCCCCCCCCC(=O)[PH-](OCC[N+](C)(C)C)C(=O)CCCCCCCCCC. The number of carbonyl (C=O) groups excluding carboxylic acids is 2. The summed E-state index contributed by atoms with van der Waals surface area (Å²) in [5.41, 5.74) is 0.207. The van der Waals surface area contributed by atoms with Crippen LogP contribution in [-0.4, -0.2) is 49.8 Å². The van der Waals surface area contributed by atoms with Crippen LogP contribution in [0.4, 0.5) is 0 Å². The van der Waals surface area contributed by atoms with Gasteiger partial charge in [0.25, 0.3) is 0 Å². The predicted molar refractivity (Wildman–Crippen MR) is 142 cm³/mol. The average molecular weight is 474 g/mol. The Bertz CT molecular complexity index is 430. The molecule has 0 aliphatic carbocycles. The van der Waals surface area contributed by atoms with Gasteiger partial charge in [-0.3, -0.25) is 0 Å². The maximum atomic E-state index is 12.8. The molecule has 192 valence electrons. The molecule has 0 saturated heterocycles. The molecule has 0 aromatic carbocycles. The van der Waals surface area contributed by atoms with Crippen LogP contribution in [0, 0.1) is 0 Å². The molecular formula is C27H56NO3P. The van der Waals surface area contributed by atoms with E-state index >= 15 is 0 Å². The van der Waals surface area contributed by atoms with Gasteiger partial charge < -0.3 is 0 Å². The Morgan fingerprint density at radius 2 is 0.938 bits per heavy atom. The van der Waals surface area contributed by atoms with Crippen molar-refractivity contribution in [1.29, 1.82) is 0 Å². The minimum absolute atomic E-state index is 0.104. The number of hydrogen-bond donors (Lipinski definition) is 0. The Kier molecular flexibility index (Phi) is 21.0. The van der Waals surface area contributed by atoms with Crippen molar-refractivity contribution in [3.05, 3.63) is 0 Å². The zero-order valence-electron chi connectivity index (χ0n) is 22.3. The first-order valence-corrected chi connectivity index (χ1v) is 15.1. The first-order valence-electron chi connectivity index (χ1n) is 13.7. The van der Waals surface area contributed by atoms with Gasteiger partial charge in [-0.25, -0.2) is 0 Å². The van der Waals surface area contributed by atoms with E-state index < -0.39 is 8.15 Å². The van der Waals surface area contributed by atoms with Crippen molar-refractivity contribution in [1.82, 2.24) is 0 Å². The third kappa shape index (κ3) is 20.3. The minimum atomic E-state index is -2.02. The summed E-state index contributed by atoms with van der Waals surface area (Å²) in [5, 5.41) is 0. The van der Waals surface area contributed by atoms with Crippen LogP contribution in [0.15, 0.2) is 0 Å². The van der Waals surface area contributed by atoms with E-state index in [1.54, 1.807) is 0 Å². The monoisotopic (exact) mass is 473 g/mol. The zero-order valence-corrected chi connectivity index (χ0v) is 23.3. The molecular weight excluding hydrogens is 417 g/mol. The fourth-order valence-electron chi connectivity index (χ4n) is 3.80. The van der Waals surface area contributed by atoms with E-state index in [4.69, 9.17) is 4.52 Å². The molecule has 0 atom stereocenters. The van der Waals surface area contributed by atoms with E-state index in [0.717, 1.165) is 36.7 Å².